The maximum absolute atomic E-state index is 4.95. The van der Waals surface area contributed by atoms with E-state index in [4.69, 9.17) is 29.1 Å². The van der Waals surface area contributed by atoms with Gasteiger partial charge in [-0.15, -0.1) is 0 Å². The average Bonchev–Trinajstić information content (AvgIpc) is 0.811. The van der Waals surface area contributed by atoms with Gasteiger partial charge in [0.2, 0.25) is 0 Å². The molecule has 0 spiro atoms. The molecule has 37 valence electrons. The summed E-state index contributed by atoms with van der Waals surface area (Å²) in [6.45, 7) is 0. The van der Waals surface area contributed by atoms with Crippen LogP contribution in [-0.2, 0) is 13.0 Å². The van der Waals surface area contributed by atoms with Crippen molar-refractivity contribution in [1.82, 2.24) is 0 Å². The molecule has 0 aromatic rings. The van der Waals surface area contributed by atoms with Crippen LogP contribution in [0.1, 0.15) is 0 Å². The molecule has 1 nitrogen and oxygen atoms in total. The third-order valence-electron chi connectivity index (χ3n) is 0. The van der Waals surface area contributed by atoms with Crippen molar-refractivity contribution < 1.29 is 13.0 Å². The zero-order valence-electron chi connectivity index (χ0n) is 2.06. The molecule has 0 bridgehead atoms. The Labute approximate surface area is 48.2 Å². The van der Waals surface area contributed by atoms with E-state index in [-0.39, 0.29) is 6.15 Å². The fourth-order valence-electron chi connectivity index (χ4n) is 0. The Balaban J connectivity index is 0. The molecule has 0 rings (SSSR count). The molecule has 0 atom stereocenters. The topological polar surface area (TPSA) is 33.5 Å². The van der Waals surface area contributed by atoms with Gasteiger partial charge in [0.15, 0.2) is 0 Å². The van der Waals surface area contributed by atoms with E-state index in [1.54, 1.807) is 0 Å². The molecule has 0 aliphatic rings. The van der Waals surface area contributed by atoms with E-state index in [0.29, 0.717) is 0 Å². The van der Waals surface area contributed by atoms with Gasteiger partial charge in [-0.2, -0.15) is 0 Å². The minimum atomic E-state index is -1.75. The molecule has 0 saturated heterocycles. The van der Waals surface area contributed by atoms with Crippen molar-refractivity contribution in [3.63, 3.8) is 0 Å². The maximum Gasteiger partial charge on any atom is -0.693 e. The van der Waals surface area contributed by atoms with E-state index in [0.717, 1.165) is 0 Å². The number of halogens is 3. The van der Waals surface area contributed by atoms with E-state index >= 15 is 0 Å². The molecule has 0 saturated carbocycles. The zero-order valence-corrected chi connectivity index (χ0v) is 6.07. The number of hydrogen-bond donors (Lipinski definition) is 0. The van der Waals surface area contributed by atoms with Crippen molar-refractivity contribution in [2.24, 2.45) is 0 Å². The Hall–Kier alpha value is 1.45. The number of nitrogens with two attached hydrogens (primary N) is 1. The van der Waals surface area contributed by atoms with Crippen LogP contribution in [0.5, 0.6) is 0 Å². The van der Waals surface area contributed by atoms with Crippen LogP contribution in [-0.4, -0.2) is 0 Å². The summed E-state index contributed by atoms with van der Waals surface area (Å²) >= 11 is -1.75. The van der Waals surface area contributed by atoms with Gasteiger partial charge in [0.25, 0.3) is 0 Å². The fourth-order valence-corrected chi connectivity index (χ4v) is 0. The van der Waals surface area contributed by atoms with Crippen LogP contribution in [0.25, 0.3) is 6.15 Å². The van der Waals surface area contributed by atoms with Crippen LogP contribution >= 0.6 is 29.1 Å². The Morgan fingerprint density at radius 3 is 1.00 bits per heavy atom. The van der Waals surface area contributed by atoms with E-state index in [2.05, 4.69) is 0 Å². The van der Waals surface area contributed by atoms with Gasteiger partial charge in [-0.05, 0) is 0 Å². The molecule has 5 heavy (non-hydrogen) atoms. The first-order chi connectivity index (χ1) is 1.73. The van der Waals surface area contributed by atoms with Gasteiger partial charge in [-0.25, -0.2) is 0 Å². The molecule has 0 heterocycles. The number of rotatable bonds is 0. The molecule has 5 heteroatoms. The summed E-state index contributed by atoms with van der Waals surface area (Å²) in [5.41, 5.74) is 0. The molecule has 2 N–H and O–H groups in total. The van der Waals surface area contributed by atoms with E-state index in [1.807, 2.05) is 0 Å². The largest absolute Gasteiger partial charge is 0.693 e. The van der Waals surface area contributed by atoms with Crippen LogP contribution in [0.2, 0.25) is 0 Å². The van der Waals surface area contributed by atoms with E-state index in [9.17, 15) is 0 Å². The van der Waals surface area contributed by atoms with Gasteiger partial charge in [-0.1, -0.05) is 0 Å². The summed E-state index contributed by atoms with van der Waals surface area (Å²) in [5.74, 6) is 0. The van der Waals surface area contributed by atoms with Crippen LogP contribution in [0, 0.1) is 0 Å². The van der Waals surface area contributed by atoms with Crippen molar-refractivity contribution in [2.45, 2.75) is 0 Å². The van der Waals surface area contributed by atoms with Crippen molar-refractivity contribution >= 4 is 29.1 Å². The molecule has 0 aromatic carbocycles. The normalized spacial score (nSPS) is 9.00. The van der Waals surface area contributed by atoms with Crippen LogP contribution in [0.3, 0.4) is 0 Å². The monoisotopic (exact) mass is 223 g/mol. The minimum Gasteiger partial charge on any atom is -0.693 e. The van der Waals surface area contributed by atoms with Crippen molar-refractivity contribution in [1.29, 1.82) is 0 Å². The summed E-state index contributed by atoms with van der Waals surface area (Å²) in [5, 5.41) is 0. The van der Waals surface area contributed by atoms with E-state index < -0.39 is 13.0 Å². The molecular weight excluding hydrogens is 221 g/mol. The Morgan fingerprint density at radius 1 is 1.00 bits per heavy atom. The second-order valence-corrected chi connectivity index (χ2v) is 8.07. The summed E-state index contributed by atoms with van der Waals surface area (Å²) in [6, 6.07) is 0. The third-order valence-corrected chi connectivity index (χ3v) is 0. The quantitative estimate of drug-likeness (QED) is 0.566. The van der Waals surface area contributed by atoms with E-state index in [1.165, 1.54) is 0 Å². The van der Waals surface area contributed by atoms with Crippen molar-refractivity contribution in [2.75, 3.05) is 0 Å². The Morgan fingerprint density at radius 2 is 1.00 bits per heavy atom. The molecule has 0 aromatic heterocycles. The van der Waals surface area contributed by atoms with Gasteiger partial charge in [0.1, 0.15) is 0 Å². The molecule has 0 amide bonds. The molecule has 0 aliphatic heterocycles. The maximum atomic E-state index is 4.95. The molecule has 0 fully saturated rings. The molecule has 0 radical (unpaired) electrons. The second-order valence-electron chi connectivity index (χ2n) is 0.152. The average molecular weight is 223 g/mol. The second kappa shape index (κ2) is 5.45. The fraction of sp³-hybridized carbons (Fsp3) is 0. The third kappa shape index (κ3) is 30.8. The SMILES string of the molecule is [Cl][Ru]([Cl])[Cl].[NH2-]. The zero-order chi connectivity index (χ0) is 3.58. The first-order valence-electron chi connectivity index (χ1n) is 0.401. The van der Waals surface area contributed by atoms with Gasteiger partial charge < -0.3 is 6.15 Å². The first-order valence-corrected chi connectivity index (χ1v) is 7.12. The van der Waals surface area contributed by atoms with Crippen LogP contribution in [0.4, 0.5) is 0 Å². The van der Waals surface area contributed by atoms with Gasteiger partial charge in [0, 0.05) is 0 Å². The minimum absolute atomic E-state index is 0. The van der Waals surface area contributed by atoms with Gasteiger partial charge in [0.05, 0.1) is 0 Å². The summed E-state index contributed by atoms with van der Waals surface area (Å²) in [6.07, 6.45) is 0. The summed E-state index contributed by atoms with van der Waals surface area (Å²) < 4.78 is 0. The van der Waals surface area contributed by atoms with Crippen LogP contribution in [0.15, 0.2) is 0 Å². The molecular formula is H2Cl3NRu-. The van der Waals surface area contributed by atoms with Crippen molar-refractivity contribution in [3.05, 3.63) is 6.15 Å². The standard InChI is InChI=1S/3ClH.H2N.Ru/h3*1H;1H2;/q;;;-1;+3/p-3. The Bertz CT molecular complexity index is 11.6. The first kappa shape index (κ1) is 9.68. The summed E-state index contributed by atoms with van der Waals surface area (Å²) in [7, 11) is 14.8. The smallest absolute Gasteiger partial charge is 0.693 e. The van der Waals surface area contributed by atoms with Crippen LogP contribution < -0.4 is 0 Å². The predicted molar refractivity (Wildman–Crippen MR) is 22.8 cm³/mol. The molecule has 0 unspecified atom stereocenters. The van der Waals surface area contributed by atoms with Gasteiger partial charge >= 0.3 is 42.1 Å². The summed E-state index contributed by atoms with van der Waals surface area (Å²) in [4.78, 5) is 0. The predicted octanol–water partition coefficient (Wildman–Crippen LogP) is 2.78. The number of hydrogen-bond acceptors (Lipinski definition) is 0. The Kier molecular flexibility index (Phi) is 10.6. The molecule has 0 aliphatic carbocycles. The van der Waals surface area contributed by atoms with Gasteiger partial charge in [-0.3, -0.25) is 0 Å². The van der Waals surface area contributed by atoms with Crippen molar-refractivity contribution in [3.8, 4) is 0 Å².